The summed E-state index contributed by atoms with van der Waals surface area (Å²) in [6.07, 6.45) is 2.79. The van der Waals surface area contributed by atoms with Gasteiger partial charge < -0.3 is 19.9 Å². The number of para-hydroxylation sites is 1. The Kier molecular flexibility index (Phi) is 4.12. The molecule has 0 saturated carbocycles. The number of hydrogen-bond acceptors (Lipinski definition) is 3. The van der Waals surface area contributed by atoms with E-state index in [0.29, 0.717) is 29.6 Å². The first kappa shape index (κ1) is 16.8. The molecule has 2 heterocycles. The number of rotatable bonds is 4. The zero-order chi connectivity index (χ0) is 19.0. The minimum atomic E-state index is -0.740. The fraction of sp³-hybridized carbons (Fsp3) is 0.150. The number of H-pyrrole nitrogens is 2. The molecule has 0 aliphatic carbocycles. The highest BCUT2D eigenvalue weighted by Crippen LogP contribution is 2.20. The van der Waals surface area contributed by atoms with Crippen molar-refractivity contribution in [2.45, 2.75) is 6.42 Å². The minimum absolute atomic E-state index is 0.232. The van der Waals surface area contributed by atoms with Crippen LogP contribution in [0.1, 0.15) is 15.9 Å². The second-order valence-corrected chi connectivity index (χ2v) is 6.46. The van der Waals surface area contributed by atoms with Gasteiger partial charge in [0.05, 0.1) is 11.0 Å². The van der Waals surface area contributed by atoms with Crippen molar-refractivity contribution in [1.29, 1.82) is 0 Å². The molecule has 0 fully saturated rings. The van der Waals surface area contributed by atoms with Gasteiger partial charge in [-0.3, -0.25) is 14.4 Å². The molecule has 0 atom stereocenters. The molecule has 1 amide bonds. The largest absolute Gasteiger partial charge is 0.352 e. The van der Waals surface area contributed by atoms with Crippen LogP contribution in [0.5, 0.6) is 0 Å². The van der Waals surface area contributed by atoms with E-state index in [-0.39, 0.29) is 5.91 Å². The van der Waals surface area contributed by atoms with Crippen LogP contribution in [0.25, 0.3) is 21.9 Å². The molecule has 27 heavy (non-hydrogen) atoms. The second kappa shape index (κ2) is 6.60. The molecule has 0 spiro atoms. The third-order valence-electron chi connectivity index (χ3n) is 4.64. The fourth-order valence-corrected chi connectivity index (χ4v) is 3.29. The summed E-state index contributed by atoms with van der Waals surface area (Å²) in [6, 6.07) is 12.9. The molecule has 0 saturated heterocycles. The summed E-state index contributed by atoms with van der Waals surface area (Å²) >= 11 is 0. The maximum Gasteiger partial charge on any atom is 0.314 e. The lowest BCUT2D eigenvalue weighted by atomic mass is 10.1. The lowest BCUT2D eigenvalue weighted by Gasteiger charge is -2.06. The van der Waals surface area contributed by atoms with Crippen molar-refractivity contribution < 1.29 is 4.79 Å². The first-order valence-corrected chi connectivity index (χ1v) is 8.60. The quantitative estimate of drug-likeness (QED) is 0.482. The van der Waals surface area contributed by atoms with Crippen molar-refractivity contribution in [3.05, 3.63) is 80.5 Å². The highest BCUT2D eigenvalue weighted by atomic mass is 16.2. The first-order valence-electron chi connectivity index (χ1n) is 8.60. The molecule has 0 unspecified atom stereocenters. The standard InChI is InChI=1S/C20H18N4O3/c1-24-11-13(14-4-2-3-5-17(14)24)8-9-21-18(25)12-6-7-15-16(10-12)23-20(27)19(26)22-15/h2-7,10-11H,8-9H2,1H3,(H,21,25)(H,22,26)(H,23,27). The van der Waals surface area contributed by atoms with Crippen LogP contribution in [0.4, 0.5) is 0 Å². The molecule has 7 nitrogen and oxygen atoms in total. The Morgan fingerprint density at radius 2 is 1.78 bits per heavy atom. The first-order chi connectivity index (χ1) is 13.0. The van der Waals surface area contributed by atoms with Crippen LogP contribution in [0.3, 0.4) is 0 Å². The van der Waals surface area contributed by atoms with Gasteiger partial charge >= 0.3 is 11.1 Å². The molecule has 7 heteroatoms. The Morgan fingerprint density at radius 1 is 1.04 bits per heavy atom. The molecule has 0 bridgehead atoms. The predicted octanol–water partition coefficient (Wildman–Crippen LogP) is 1.68. The molecule has 3 N–H and O–H groups in total. The van der Waals surface area contributed by atoms with Crippen molar-refractivity contribution in [3.8, 4) is 0 Å². The van der Waals surface area contributed by atoms with Crippen LogP contribution in [0.15, 0.2) is 58.3 Å². The summed E-state index contributed by atoms with van der Waals surface area (Å²) < 4.78 is 2.08. The van der Waals surface area contributed by atoms with Gasteiger partial charge in [0.25, 0.3) is 5.91 Å². The van der Waals surface area contributed by atoms with E-state index < -0.39 is 11.1 Å². The third-order valence-corrected chi connectivity index (χ3v) is 4.64. The van der Waals surface area contributed by atoms with Crippen LogP contribution in [0, 0.1) is 0 Å². The smallest absolute Gasteiger partial charge is 0.314 e. The zero-order valence-electron chi connectivity index (χ0n) is 14.7. The van der Waals surface area contributed by atoms with Gasteiger partial charge in [-0.05, 0) is 36.2 Å². The van der Waals surface area contributed by atoms with Crippen molar-refractivity contribution in [2.75, 3.05) is 6.54 Å². The van der Waals surface area contributed by atoms with Crippen LogP contribution >= 0.6 is 0 Å². The van der Waals surface area contributed by atoms with E-state index in [9.17, 15) is 14.4 Å². The van der Waals surface area contributed by atoms with Crippen molar-refractivity contribution >= 4 is 27.8 Å². The number of aromatic nitrogens is 3. The van der Waals surface area contributed by atoms with E-state index in [2.05, 4.69) is 38.2 Å². The number of nitrogens with zero attached hydrogens (tertiary/aromatic N) is 1. The SMILES string of the molecule is Cn1cc(CCNC(=O)c2ccc3[nH]c(=O)c(=O)[nH]c3c2)c2ccccc21. The van der Waals surface area contributed by atoms with Crippen LogP contribution in [-0.2, 0) is 13.5 Å². The molecule has 2 aromatic carbocycles. The number of nitrogens with one attached hydrogen (secondary N) is 3. The van der Waals surface area contributed by atoms with Crippen molar-refractivity contribution in [1.82, 2.24) is 19.9 Å². The number of benzene rings is 2. The number of hydrogen-bond donors (Lipinski definition) is 3. The van der Waals surface area contributed by atoms with E-state index in [1.54, 1.807) is 18.2 Å². The van der Waals surface area contributed by atoms with Gasteiger partial charge in [0, 0.05) is 36.3 Å². The van der Waals surface area contributed by atoms with Gasteiger partial charge in [0.15, 0.2) is 0 Å². The number of aryl methyl sites for hydroxylation is 1. The van der Waals surface area contributed by atoms with Gasteiger partial charge in [-0.15, -0.1) is 0 Å². The van der Waals surface area contributed by atoms with Crippen LogP contribution < -0.4 is 16.4 Å². The monoisotopic (exact) mass is 362 g/mol. The van der Waals surface area contributed by atoms with Gasteiger partial charge in [0.1, 0.15) is 0 Å². The lowest BCUT2D eigenvalue weighted by Crippen LogP contribution is -2.29. The molecule has 4 aromatic rings. The zero-order valence-corrected chi connectivity index (χ0v) is 14.7. The lowest BCUT2D eigenvalue weighted by molar-refractivity contribution is 0.0954. The highest BCUT2D eigenvalue weighted by Gasteiger charge is 2.09. The Balaban J connectivity index is 1.49. The van der Waals surface area contributed by atoms with Gasteiger partial charge in [-0.1, -0.05) is 18.2 Å². The fourth-order valence-electron chi connectivity index (χ4n) is 3.29. The van der Waals surface area contributed by atoms with E-state index in [0.717, 1.165) is 5.52 Å². The number of amides is 1. The van der Waals surface area contributed by atoms with Crippen LogP contribution in [-0.4, -0.2) is 27.0 Å². The molecule has 0 radical (unpaired) electrons. The van der Waals surface area contributed by atoms with Crippen molar-refractivity contribution in [2.24, 2.45) is 7.05 Å². The van der Waals surface area contributed by atoms with Crippen molar-refractivity contribution in [3.63, 3.8) is 0 Å². The number of carbonyl (C=O) groups is 1. The maximum atomic E-state index is 12.4. The molecule has 0 aliphatic rings. The van der Waals surface area contributed by atoms with Gasteiger partial charge in [0.2, 0.25) is 0 Å². The summed E-state index contributed by atoms with van der Waals surface area (Å²) in [5.41, 5.74) is 2.20. The Bertz CT molecular complexity index is 1280. The van der Waals surface area contributed by atoms with E-state index in [4.69, 9.17) is 0 Å². The average Bonchev–Trinajstić information content (AvgIpc) is 2.98. The number of carbonyl (C=O) groups excluding carboxylic acids is 1. The minimum Gasteiger partial charge on any atom is -0.352 e. The van der Waals surface area contributed by atoms with Crippen LogP contribution in [0.2, 0.25) is 0 Å². The second-order valence-electron chi connectivity index (χ2n) is 6.46. The maximum absolute atomic E-state index is 12.4. The summed E-state index contributed by atoms with van der Waals surface area (Å²) in [4.78, 5) is 40.2. The molecule has 2 aromatic heterocycles. The summed E-state index contributed by atoms with van der Waals surface area (Å²) in [6.45, 7) is 0.493. The number of aromatic amines is 2. The normalized spacial score (nSPS) is 11.1. The molecular formula is C20H18N4O3. The average molecular weight is 362 g/mol. The summed E-state index contributed by atoms with van der Waals surface area (Å²) in [5, 5.41) is 4.08. The summed E-state index contributed by atoms with van der Waals surface area (Å²) in [7, 11) is 2.00. The molecule has 136 valence electrons. The van der Waals surface area contributed by atoms with E-state index in [1.807, 2.05) is 19.2 Å². The molecular weight excluding hydrogens is 344 g/mol. The molecule has 4 rings (SSSR count). The Hall–Kier alpha value is -3.61. The topological polar surface area (TPSA) is 99.8 Å². The van der Waals surface area contributed by atoms with E-state index >= 15 is 0 Å². The van der Waals surface area contributed by atoms with Gasteiger partial charge in [-0.25, -0.2) is 0 Å². The summed E-state index contributed by atoms with van der Waals surface area (Å²) in [5.74, 6) is -0.232. The number of fused-ring (bicyclic) bond motifs is 2. The molecule has 0 aliphatic heterocycles. The Morgan fingerprint density at radius 3 is 2.59 bits per heavy atom. The van der Waals surface area contributed by atoms with Gasteiger partial charge in [-0.2, -0.15) is 0 Å². The Labute approximate surface area is 153 Å². The highest BCUT2D eigenvalue weighted by molar-refractivity contribution is 5.97. The predicted molar refractivity (Wildman–Crippen MR) is 104 cm³/mol. The third kappa shape index (κ3) is 3.15. The van der Waals surface area contributed by atoms with E-state index in [1.165, 1.54) is 10.9 Å².